The summed E-state index contributed by atoms with van der Waals surface area (Å²) >= 11 is 0. The number of carbonyl (C=O) groups excluding carboxylic acids is 2. The third-order valence-electron chi connectivity index (χ3n) is 5.48. The zero-order valence-electron chi connectivity index (χ0n) is 16.8. The molecule has 1 fully saturated rings. The van der Waals surface area contributed by atoms with Crippen LogP contribution in [-0.2, 0) is 24.2 Å². The van der Waals surface area contributed by atoms with Crippen LogP contribution in [-0.4, -0.2) is 52.7 Å². The third kappa shape index (κ3) is 4.13. The smallest absolute Gasteiger partial charge is 0.182 e. The van der Waals surface area contributed by atoms with E-state index in [2.05, 4.69) is 10.8 Å². The molecule has 0 radical (unpaired) electrons. The molecule has 1 aromatic rings. The van der Waals surface area contributed by atoms with Crippen LogP contribution in [0.15, 0.2) is 23.1 Å². The average Bonchev–Trinajstić information content (AvgIpc) is 2.68. The van der Waals surface area contributed by atoms with E-state index in [1.165, 1.54) is 25.3 Å². The fraction of sp³-hybridized carbons (Fsp3) is 0.500. The minimum Gasteiger partial charge on any atom is -0.370 e. The first kappa shape index (κ1) is 21.6. The van der Waals surface area contributed by atoms with Gasteiger partial charge in [-0.15, -0.1) is 0 Å². The first-order chi connectivity index (χ1) is 13.8. The Bertz CT molecular complexity index is 954. The maximum atomic E-state index is 13.4. The number of hydroxylamine groups is 1. The number of nitrogens with one attached hydrogen (secondary N) is 2. The summed E-state index contributed by atoms with van der Waals surface area (Å²) in [5.41, 5.74) is 4.46. The van der Waals surface area contributed by atoms with Gasteiger partial charge in [0.2, 0.25) is 0 Å². The van der Waals surface area contributed by atoms with E-state index in [1.54, 1.807) is 14.0 Å². The van der Waals surface area contributed by atoms with Crippen LogP contribution in [0.2, 0.25) is 0 Å². The van der Waals surface area contributed by atoms with Gasteiger partial charge in [0, 0.05) is 30.7 Å². The Kier molecular flexibility index (Phi) is 6.52. The maximum absolute atomic E-state index is 13.4. The van der Waals surface area contributed by atoms with Crippen LogP contribution >= 0.6 is 0 Å². The van der Waals surface area contributed by atoms with Gasteiger partial charge in [0.25, 0.3) is 0 Å². The quantitative estimate of drug-likeness (QED) is 0.294. The van der Waals surface area contributed by atoms with Gasteiger partial charge >= 0.3 is 0 Å². The van der Waals surface area contributed by atoms with Crippen molar-refractivity contribution in [2.75, 3.05) is 26.7 Å². The number of methoxy groups -OCH3 is 1. The van der Waals surface area contributed by atoms with E-state index < -0.39 is 15.8 Å². The lowest BCUT2D eigenvalue weighted by Gasteiger charge is -2.31. The van der Waals surface area contributed by atoms with Gasteiger partial charge in [-0.2, -0.15) is 0 Å². The molecule has 0 saturated heterocycles. The van der Waals surface area contributed by atoms with E-state index in [4.69, 9.17) is 9.57 Å². The summed E-state index contributed by atoms with van der Waals surface area (Å²) in [7, 11) is -0.524. The fourth-order valence-electron chi connectivity index (χ4n) is 4.08. The number of sulfone groups is 1. The predicted octanol–water partition coefficient (Wildman–Crippen LogP) is 1.39. The summed E-state index contributed by atoms with van der Waals surface area (Å²) in [6, 6.07) is 2.65. The lowest BCUT2D eigenvalue weighted by molar-refractivity contribution is -0.124. The second-order valence-corrected chi connectivity index (χ2v) is 9.26. The molecular weight excluding hydrogens is 396 g/mol. The van der Waals surface area contributed by atoms with Crippen molar-refractivity contribution in [3.63, 3.8) is 0 Å². The molecule has 1 heterocycles. The number of Topliss-reactive ketones (excluding diaryl/α,β-unsaturated/α-hetero) is 2. The zero-order valence-corrected chi connectivity index (χ0v) is 17.6. The Morgan fingerprint density at radius 3 is 2.72 bits per heavy atom. The third-order valence-corrected chi connectivity index (χ3v) is 7.09. The van der Waals surface area contributed by atoms with Crippen LogP contribution < -0.4 is 10.8 Å². The summed E-state index contributed by atoms with van der Waals surface area (Å²) in [6.45, 7) is 1.94. The van der Waals surface area contributed by atoms with E-state index in [9.17, 15) is 18.0 Å². The van der Waals surface area contributed by atoms with Gasteiger partial charge in [0.15, 0.2) is 15.6 Å². The molecule has 8 nitrogen and oxygen atoms in total. The molecule has 29 heavy (non-hydrogen) atoms. The van der Waals surface area contributed by atoms with Crippen molar-refractivity contribution in [1.29, 1.82) is 0 Å². The maximum Gasteiger partial charge on any atom is 0.182 e. The molecule has 2 atom stereocenters. The molecule has 0 spiro atoms. The van der Waals surface area contributed by atoms with Gasteiger partial charge in [-0.25, -0.2) is 8.42 Å². The first-order valence-corrected chi connectivity index (χ1v) is 11.1. The summed E-state index contributed by atoms with van der Waals surface area (Å²) < 4.78 is 30.1. The Morgan fingerprint density at radius 1 is 1.28 bits per heavy atom. The highest BCUT2D eigenvalue weighted by molar-refractivity contribution is 7.91. The highest BCUT2D eigenvalue weighted by atomic mass is 32.2. The number of ether oxygens (including phenoxy) is 1. The average molecular weight is 423 g/mol. The highest BCUT2D eigenvalue weighted by Gasteiger charge is 2.39. The lowest BCUT2D eigenvalue weighted by Crippen LogP contribution is -2.47. The van der Waals surface area contributed by atoms with Crippen molar-refractivity contribution in [2.24, 2.45) is 5.92 Å². The molecule has 0 amide bonds. The molecule has 1 aliphatic carbocycles. The zero-order chi connectivity index (χ0) is 21.2. The molecular formula is C20H26N2O6S. The topological polar surface area (TPSA) is 111 Å². The summed E-state index contributed by atoms with van der Waals surface area (Å²) in [4.78, 5) is 31.1. The minimum atomic E-state index is -3.50. The van der Waals surface area contributed by atoms with E-state index in [-0.39, 0.29) is 35.0 Å². The molecule has 2 N–H and O–H groups in total. The molecule has 158 valence electrons. The van der Waals surface area contributed by atoms with Crippen molar-refractivity contribution in [3.05, 3.63) is 34.9 Å². The number of ketones is 2. The van der Waals surface area contributed by atoms with E-state index >= 15 is 0 Å². The van der Waals surface area contributed by atoms with Crippen LogP contribution in [0.25, 0.3) is 5.70 Å². The number of benzene rings is 1. The molecule has 0 bridgehead atoms. The number of hydrogen-bond donors (Lipinski definition) is 2. The van der Waals surface area contributed by atoms with E-state index in [0.717, 1.165) is 6.42 Å². The minimum absolute atomic E-state index is 0.106. The summed E-state index contributed by atoms with van der Waals surface area (Å²) in [6.07, 6.45) is 3.30. The van der Waals surface area contributed by atoms with Crippen molar-refractivity contribution >= 4 is 27.1 Å². The van der Waals surface area contributed by atoms with Crippen LogP contribution in [0.3, 0.4) is 0 Å². The molecule has 2 unspecified atom stereocenters. The van der Waals surface area contributed by atoms with Crippen molar-refractivity contribution in [1.82, 2.24) is 10.8 Å². The second-order valence-electron chi connectivity index (χ2n) is 7.26. The van der Waals surface area contributed by atoms with Gasteiger partial charge in [-0.1, -0.05) is 0 Å². The van der Waals surface area contributed by atoms with Crippen LogP contribution in [0.5, 0.6) is 0 Å². The number of rotatable bonds is 7. The molecule has 9 heteroatoms. The molecule has 3 rings (SSSR count). The Balaban J connectivity index is 2.05. The second kappa shape index (κ2) is 8.74. The molecule has 1 aliphatic heterocycles. The van der Waals surface area contributed by atoms with Crippen LogP contribution in [0.1, 0.15) is 40.7 Å². The Hall–Kier alpha value is -2.07. The van der Waals surface area contributed by atoms with Gasteiger partial charge < -0.3 is 4.74 Å². The SMILES string of the molecule is COCNC1CCCC(=O)C1C(=O)c1ccc2c(c1C)C(NOC)=CCS2(=O)=O. The number of carbonyl (C=O) groups is 2. The first-order valence-electron chi connectivity index (χ1n) is 9.47. The molecule has 2 aliphatic rings. The molecule has 1 aromatic carbocycles. The normalized spacial score (nSPS) is 23.3. The Labute approximate surface area is 170 Å². The predicted molar refractivity (Wildman–Crippen MR) is 107 cm³/mol. The monoisotopic (exact) mass is 422 g/mol. The van der Waals surface area contributed by atoms with Crippen molar-refractivity contribution in [2.45, 2.75) is 37.1 Å². The summed E-state index contributed by atoms with van der Waals surface area (Å²) in [5.74, 6) is -1.38. The van der Waals surface area contributed by atoms with Gasteiger partial charge in [0.05, 0.1) is 36.1 Å². The van der Waals surface area contributed by atoms with Crippen LogP contribution in [0, 0.1) is 12.8 Å². The van der Waals surface area contributed by atoms with Crippen molar-refractivity contribution in [3.8, 4) is 0 Å². The van der Waals surface area contributed by atoms with E-state index in [0.29, 0.717) is 35.2 Å². The molecule has 0 aromatic heterocycles. The standard InChI is InChI=1S/C20H26N2O6S/c1-12-13(20(24)19-14(21-11-27-2)5-4-6-16(19)23)7-8-17-18(12)15(22-28-3)9-10-29(17,25)26/h7-9,14,19,21-22H,4-6,10-11H2,1-3H3. The van der Waals surface area contributed by atoms with Gasteiger partial charge in [0.1, 0.15) is 5.78 Å². The molecule has 1 saturated carbocycles. The number of fused-ring (bicyclic) bond motifs is 1. The summed E-state index contributed by atoms with van der Waals surface area (Å²) in [5, 5.41) is 3.12. The fourth-order valence-corrected chi connectivity index (χ4v) is 5.50. The van der Waals surface area contributed by atoms with Crippen LogP contribution in [0.4, 0.5) is 0 Å². The van der Waals surface area contributed by atoms with Gasteiger partial charge in [-0.05, 0) is 43.5 Å². The number of hydrogen-bond acceptors (Lipinski definition) is 8. The van der Waals surface area contributed by atoms with Crippen molar-refractivity contribution < 1.29 is 27.6 Å². The highest BCUT2D eigenvalue weighted by Crippen LogP contribution is 2.34. The largest absolute Gasteiger partial charge is 0.370 e. The van der Waals surface area contributed by atoms with Gasteiger partial charge in [-0.3, -0.25) is 25.2 Å². The van der Waals surface area contributed by atoms with E-state index in [1.807, 2.05) is 0 Å². The lowest BCUT2D eigenvalue weighted by atomic mass is 9.77. The Morgan fingerprint density at radius 2 is 2.03 bits per heavy atom.